The van der Waals surface area contributed by atoms with Crippen LogP contribution < -0.4 is 71.4 Å². The molecular weight excluding hydrogens is 754 g/mol. The van der Waals surface area contributed by atoms with Gasteiger partial charge in [-0.05, 0) is 25.7 Å². The van der Waals surface area contributed by atoms with Crippen LogP contribution in [0.1, 0.15) is 130 Å². The number of hydrogen-bond donors (Lipinski definition) is 2. The minimum atomic E-state index is -4.99. The Morgan fingerprint density at radius 3 is 1.08 bits per heavy atom. The molecule has 0 amide bonds. The fourth-order valence-corrected chi connectivity index (χ4v) is 4.40. The van der Waals surface area contributed by atoms with E-state index in [4.69, 9.17) is 18.9 Å². The molecule has 0 saturated heterocycles. The molecule has 0 spiro atoms. The first-order valence-electron chi connectivity index (χ1n) is 16.5. The first-order valence-corrected chi connectivity index (χ1v) is 19.1. The molecule has 0 heterocycles. The number of carbonyl (C=O) groups is 4. The maximum atomic E-state index is 11.7. The average molecular weight is 817 g/mol. The summed E-state index contributed by atoms with van der Waals surface area (Å²) in [7, 11) is -9.91. The van der Waals surface area contributed by atoms with Crippen LogP contribution in [-0.4, -0.2) is 88.5 Å². The molecule has 0 aromatic rings. The van der Waals surface area contributed by atoms with E-state index in [0.29, 0.717) is 25.7 Å². The van der Waals surface area contributed by atoms with Crippen molar-refractivity contribution in [1.29, 1.82) is 0 Å². The Morgan fingerprint density at radius 1 is 0.481 bits per heavy atom. The largest absolute Gasteiger partial charge is 1.00 e. The second-order valence-corrected chi connectivity index (χ2v) is 12.9. The van der Waals surface area contributed by atoms with E-state index < -0.39 is 76.7 Å². The zero-order valence-electron chi connectivity index (χ0n) is 32.6. The number of ether oxygens (including phenoxy) is 4. The summed E-state index contributed by atoms with van der Waals surface area (Å²) in [5, 5.41) is 0. The standard InChI is InChI=1S/2C15H28O8S.2H3N.2Na/c1-3-5-7-9-14(16)21-11-13(12-22-24(18,19)20)23-15(17)10-8-6-4-2;1-3-5-7-9-14(16)21-11-13(23-24(18,19)20)12-22-15(17)10-8-6-4-2;;;;/h2*13H,3-12H2,1-2H3,(H,18,19,20);2*1H3;;/q;;;;2*+1. The molecule has 1 atom stereocenters. The van der Waals surface area contributed by atoms with E-state index in [2.05, 4.69) is 8.37 Å². The number of rotatable bonds is 28. The SMILES string of the molecule is CCCCCC(=O)OCC(COC(=O)CCCCC)OS(=O)(=O)[O-].CCCCCC(=O)OCC(COS(=O)(=O)[O-])OC(=O)CCCCC.[NH4+].[NH4+].[Na+].[Na+]. The maximum absolute atomic E-state index is 11.7. The van der Waals surface area contributed by atoms with E-state index in [-0.39, 0.29) is 104 Å². The third-order valence-electron chi connectivity index (χ3n) is 6.18. The van der Waals surface area contributed by atoms with Crippen LogP contribution in [0.3, 0.4) is 0 Å². The van der Waals surface area contributed by atoms with Crippen LogP contribution in [-0.2, 0) is 67.3 Å². The van der Waals surface area contributed by atoms with Gasteiger partial charge in [0.15, 0.2) is 6.10 Å². The molecular formula is C30H62N2Na2O16S2+2. The molecule has 0 bridgehead atoms. The Labute approximate surface area is 354 Å². The topological polar surface area (TPSA) is 311 Å². The van der Waals surface area contributed by atoms with Crippen molar-refractivity contribution in [3.8, 4) is 0 Å². The third-order valence-corrected chi connectivity index (χ3v) is 7.11. The molecule has 18 nitrogen and oxygen atoms in total. The van der Waals surface area contributed by atoms with Gasteiger partial charge < -0.3 is 40.4 Å². The summed E-state index contributed by atoms with van der Waals surface area (Å²) in [5.74, 6) is -2.06. The maximum Gasteiger partial charge on any atom is 1.00 e. The average Bonchev–Trinajstić information content (AvgIpc) is 2.99. The monoisotopic (exact) mass is 816 g/mol. The van der Waals surface area contributed by atoms with Crippen molar-refractivity contribution in [2.45, 2.75) is 143 Å². The van der Waals surface area contributed by atoms with E-state index in [1.54, 1.807) is 0 Å². The van der Waals surface area contributed by atoms with Crippen LogP contribution in [0.2, 0.25) is 0 Å². The van der Waals surface area contributed by atoms with E-state index in [1.165, 1.54) is 0 Å². The van der Waals surface area contributed by atoms with Gasteiger partial charge >= 0.3 is 83.0 Å². The molecule has 52 heavy (non-hydrogen) atoms. The molecule has 0 saturated carbocycles. The molecule has 22 heteroatoms. The number of esters is 4. The number of hydrogen-bond acceptors (Lipinski definition) is 16. The second kappa shape index (κ2) is 40.2. The Bertz CT molecular complexity index is 1090. The van der Waals surface area contributed by atoms with Crippen LogP contribution >= 0.6 is 0 Å². The van der Waals surface area contributed by atoms with Gasteiger partial charge in [-0.3, -0.25) is 27.5 Å². The van der Waals surface area contributed by atoms with Gasteiger partial charge in [-0.15, -0.1) is 0 Å². The van der Waals surface area contributed by atoms with Crippen molar-refractivity contribution in [1.82, 2.24) is 12.3 Å². The van der Waals surface area contributed by atoms with E-state index in [0.717, 1.165) is 51.4 Å². The summed E-state index contributed by atoms with van der Waals surface area (Å²) < 4.78 is 91.7. The van der Waals surface area contributed by atoms with E-state index in [1.807, 2.05) is 27.7 Å². The molecule has 0 rings (SSSR count). The van der Waals surface area contributed by atoms with E-state index in [9.17, 15) is 45.1 Å². The third kappa shape index (κ3) is 47.6. The van der Waals surface area contributed by atoms with Crippen LogP contribution in [0, 0.1) is 0 Å². The van der Waals surface area contributed by atoms with Gasteiger partial charge in [0.25, 0.3) is 0 Å². The summed E-state index contributed by atoms with van der Waals surface area (Å²) in [4.78, 5) is 46.2. The van der Waals surface area contributed by atoms with Gasteiger partial charge in [-0.2, -0.15) is 0 Å². The van der Waals surface area contributed by atoms with Gasteiger partial charge in [-0.1, -0.05) is 79.1 Å². The van der Waals surface area contributed by atoms with Gasteiger partial charge in [0.05, 0.1) is 0 Å². The molecule has 0 fully saturated rings. The smallest absolute Gasteiger partial charge is 0.726 e. The van der Waals surface area contributed by atoms with Gasteiger partial charge in [0.1, 0.15) is 32.5 Å². The summed E-state index contributed by atoms with van der Waals surface area (Å²) in [6, 6.07) is 0. The molecule has 0 aliphatic heterocycles. The second-order valence-electron chi connectivity index (χ2n) is 10.8. The first-order chi connectivity index (χ1) is 22.6. The summed E-state index contributed by atoms with van der Waals surface area (Å²) in [6.45, 7) is 6.02. The van der Waals surface area contributed by atoms with Gasteiger partial charge in [0.2, 0.25) is 20.8 Å². The first kappa shape index (κ1) is 63.5. The Morgan fingerprint density at radius 2 is 0.788 bits per heavy atom. The van der Waals surface area contributed by atoms with Crippen molar-refractivity contribution in [3.05, 3.63) is 0 Å². The van der Waals surface area contributed by atoms with Crippen molar-refractivity contribution in [2.75, 3.05) is 26.4 Å². The fourth-order valence-electron chi connectivity index (χ4n) is 3.64. The van der Waals surface area contributed by atoms with E-state index >= 15 is 0 Å². The van der Waals surface area contributed by atoms with Crippen LogP contribution in [0.15, 0.2) is 0 Å². The van der Waals surface area contributed by atoms with Gasteiger partial charge in [-0.25, -0.2) is 16.8 Å². The summed E-state index contributed by atoms with van der Waals surface area (Å²) in [5.41, 5.74) is 0. The normalized spacial score (nSPS) is 11.1. The molecule has 0 aliphatic carbocycles. The fraction of sp³-hybridized carbons (Fsp3) is 0.867. The molecule has 8 N–H and O–H groups in total. The molecule has 0 aromatic heterocycles. The van der Waals surface area contributed by atoms with Gasteiger partial charge in [0, 0.05) is 25.7 Å². The van der Waals surface area contributed by atoms with Crippen molar-refractivity contribution >= 4 is 44.7 Å². The summed E-state index contributed by atoms with van der Waals surface area (Å²) >= 11 is 0. The zero-order valence-corrected chi connectivity index (χ0v) is 38.3. The number of quaternary nitrogens is 2. The number of carbonyl (C=O) groups excluding carboxylic acids is 4. The van der Waals surface area contributed by atoms with Crippen molar-refractivity contribution < 1.29 is 132 Å². The zero-order chi connectivity index (χ0) is 36.8. The van der Waals surface area contributed by atoms with Crippen molar-refractivity contribution in [3.63, 3.8) is 0 Å². The van der Waals surface area contributed by atoms with Crippen LogP contribution in [0.4, 0.5) is 0 Å². The van der Waals surface area contributed by atoms with Crippen molar-refractivity contribution in [2.24, 2.45) is 0 Å². The molecule has 1 unspecified atom stereocenters. The Hall–Kier alpha value is -0.460. The minimum absolute atomic E-state index is 0. The van der Waals surface area contributed by atoms with Crippen LogP contribution in [0.25, 0.3) is 0 Å². The molecule has 0 aliphatic rings. The Balaban J connectivity index is -0.000000189. The number of unbranched alkanes of at least 4 members (excludes halogenated alkanes) is 8. The predicted octanol–water partition coefficient (Wildman–Crippen LogP) is -1.08. The summed E-state index contributed by atoms with van der Waals surface area (Å²) in [6.07, 6.45) is 8.25. The minimum Gasteiger partial charge on any atom is -0.726 e. The quantitative estimate of drug-likeness (QED) is 0.0237. The predicted molar refractivity (Wildman–Crippen MR) is 182 cm³/mol. The molecule has 300 valence electrons. The Kier molecular flexibility index (Phi) is 49.1. The van der Waals surface area contributed by atoms with Crippen LogP contribution in [0.5, 0.6) is 0 Å². The molecule has 0 aromatic carbocycles. The molecule has 0 radical (unpaired) electrons.